The number of hydrogen-bond donors (Lipinski definition) is 2. The van der Waals surface area contributed by atoms with Gasteiger partial charge in [-0.1, -0.05) is 21.6 Å². The summed E-state index contributed by atoms with van der Waals surface area (Å²) in [6.45, 7) is 1.33. The van der Waals surface area contributed by atoms with Crippen molar-refractivity contribution in [3.05, 3.63) is 0 Å². The van der Waals surface area contributed by atoms with Gasteiger partial charge in [0.25, 0.3) is 0 Å². The lowest BCUT2D eigenvalue weighted by molar-refractivity contribution is 0.172. The van der Waals surface area contributed by atoms with E-state index in [2.05, 4.69) is 10.1 Å². The number of hydrogen-bond acceptors (Lipinski definition) is 5. The van der Waals surface area contributed by atoms with Crippen LogP contribution in [0.5, 0.6) is 0 Å². The van der Waals surface area contributed by atoms with E-state index in [9.17, 15) is 4.79 Å². The zero-order chi connectivity index (χ0) is 9.23. The molecule has 0 bridgehead atoms. The predicted octanol–water partition coefficient (Wildman–Crippen LogP) is 0.682. The Balaban J connectivity index is 2.95. The van der Waals surface area contributed by atoms with Crippen LogP contribution in [0.25, 0.3) is 0 Å². The Hall–Kier alpha value is -0.0700. The Morgan fingerprint density at radius 2 is 2.17 bits per heavy atom. The van der Waals surface area contributed by atoms with Gasteiger partial charge in [0.15, 0.2) is 0 Å². The number of methoxy groups -OCH3 is 1. The van der Waals surface area contributed by atoms with Crippen LogP contribution in [-0.2, 0) is 4.74 Å². The number of alkyl carbamates (subject to hydrolysis) is 1. The molecule has 6 heteroatoms. The number of carbonyl (C=O) groups excluding carboxylic acids is 1. The van der Waals surface area contributed by atoms with E-state index >= 15 is 0 Å². The number of amides is 1. The molecule has 3 N–H and O–H groups in total. The summed E-state index contributed by atoms with van der Waals surface area (Å²) in [6, 6.07) is 0. The molecule has 0 aromatic carbocycles. The normalized spacial score (nSPS) is 9.50. The number of carbonyl (C=O) groups is 1. The van der Waals surface area contributed by atoms with Crippen LogP contribution in [0.15, 0.2) is 0 Å². The van der Waals surface area contributed by atoms with Crippen molar-refractivity contribution in [2.75, 3.05) is 31.7 Å². The molecule has 0 aromatic heterocycles. The highest BCUT2D eigenvalue weighted by Gasteiger charge is 1.95. The molecule has 0 aliphatic rings. The first kappa shape index (κ1) is 11.9. The lowest BCUT2D eigenvalue weighted by Gasteiger charge is -2.01. The largest absolute Gasteiger partial charge is 0.453 e. The molecule has 0 unspecified atom stereocenters. The summed E-state index contributed by atoms with van der Waals surface area (Å²) in [4.78, 5) is 10.5. The lowest BCUT2D eigenvalue weighted by Crippen LogP contribution is -2.25. The third kappa shape index (κ3) is 8.03. The average Bonchev–Trinajstić information content (AvgIpc) is 2.10. The number of nitrogens with one attached hydrogen (secondary N) is 1. The van der Waals surface area contributed by atoms with Crippen LogP contribution >= 0.6 is 21.6 Å². The van der Waals surface area contributed by atoms with Crippen molar-refractivity contribution >= 4 is 27.7 Å². The van der Waals surface area contributed by atoms with Gasteiger partial charge in [-0.3, -0.25) is 0 Å². The molecule has 0 aliphatic heterocycles. The highest BCUT2D eigenvalue weighted by atomic mass is 33.1. The van der Waals surface area contributed by atoms with Crippen molar-refractivity contribution in [3.63, 3.8) is 0 Å². The van der Waals surface area contributed by atoms with Crippen molar-refractivity contribution in [3.8, 4) is 0 Å². The second-order valence-corrected chi connectivity index (χ2v) is 4.55. The van der Waals surface area contributed by atoms with Crippen molar-refractivity contribution in [1.82, 2.24) is 5.32 Å². The first-order valence-electron chi connectivity index (χ1n) is 3.57. The number of ether oxygens (including phenoxy) is 1. The van der Waals surface area contributed by atoms with Crippen LogP contribution in [0.2, 0.25) is 0 Å². The van der Waals surface area contributed by atoms with Gasteiger partial charge < -0.3 is 15.8 Å². The minimum Gasteiger partial charge on any atom is -0.453 e. The second kappa shape index (κ2) is 9.02. The third-order valence-electron chi connectivity index (χ3n) is 0.925. The fraction of sp³-hybridized carbons (Fsp3) is 0.833. The molecule has 72 valence electrons. The van der Waals surface area contributed by atoms with Crippen molar-refractivity contribution in [2.45, 2.75) is 0 Å². The van der Waals surface area contributed by atoms with Gasteiger partial charge in [-0.2, -0.15) is 0 Å². The molecule has 4 nitrogen and oxygen atoms in total. The standard InChI is InChI=1S/C6H14N2O2S2/c1-10-6(9)8-3-5-12-11-4-2-7/h2-5,7H2,1H3,(H,8,9). The molecule has 0 aromatic rings. The summed E-state index contributed by atoms with van der Waals surface area (Å²) in [7, 11) is 4.76. The first-order valence-corrected chi connectivity index (χ1v) is 6.06. The zero-order valence-corrected chi connectivity index (χ0v) is 8.67. The van der Waals surface area contributed by atoms with Crippen LogP contribution in [-0.4, -0.2) is 37.8 Å². The van der Waals surface area contributed by atoms with Gasteiger partial charge >= 0.3 is 6.09 Å². The van der Waals surface area contributed by atoms with E-state index in [4.69, 9.17) is 5.73 Å². The maximum atomic E-state index is 10.5. The Morgan fingerprint density at radius 3 is 2.75 bits per heavy atom. The van der Waals surface area contributed by atoms with Gasteiger partial charge in [0.1, 0.15) is 0 Å². The summed E-state index contributed by atoms with van der Waals surface area (Å²) in [6.07, 6.45) is -0.376. The second-order valence-electron chi connectivity index (χ2n) is 1.85. The summed E-state index contributed by atoms with van der Waals surface area (Å²) in [5.41, 5.74) is 5.29. The summed E-state index contributed by atoms with van der Waals surface area (Å²) < 4.78 is 4.39. The lowest BCUT2D eigenvalue weighted by atomic mass is 10.7. The summed E-state index contributed by atoms with van der Waals surface area (Å²) in [5, 5.41) is 2.58. The molecule has 0 atom stereocenters. The molecule has 0 fully saturated rings. The Labute approximate surface area is 80.4 Å². The van der Waals surface area contributed by atoms with Crippen LogP contribution < -0.4 is 11.1 Å². The maximum absolute atomic E-state index is 10.5. The number of rotatable bonds is 6. The zero-order valence-electron chi connectivity index (χ0n) is 7.04. The van der Waals surface area contributed by atoms with Gasteiger partial charge in [0.2, 0.25) is 0 Å². The molecule has 0 rings (SSSR count). The molecule has 0 radical (unpaired) electrons. The first-order chi connectivity index (χ1) is 5.81. The molecular formula is C6H14N2O2S2. The summed E-state index contributed by atoms with van der Waals surface area (Å²) >= 11 is 0. The van der Waals surface area contributed by atoms with Gasteiger partial charge in [0.05, 0.1) is 7.11 Å². The van der Waals surface area contributed by atoms with E-state index < -0.39 is 0 Å². The van der Waals surface area contributed by atoms with E-state index in [-0.39, 0.29) is 6.09 Å². The van der Waals surface area contributed by atoms with E-state index in [0.717, 1.165) is 11.5 Å². The smallest absolute Gasteiger partial charge is 0.406 e. The van der Waals surface area contributed by atoms with Crippen LogP contribution in [0.4, 0.5) is 4.79 Å². The minimum atomic E-state index is -0.376. The van der Waals surface area contributed by atoms with Crippen LogP contribution in [0.1, 0.15) is 0 Å². The van der Waals surface area contributed by atoms with E-state index in [1.54, 1.807) is 21.6 Å². The van der Waals surface area contributed by atoms with E-state index in [0.29, 0.717) is 13.1 Å². The monoisotopic (exact) mass is 210 g/mol. The molecule has 0 spiro atoms. The van der Waals surface area contributed by atoms with Crippen LogP contribution in [0, 0.1) is 0 Å². The van der Waals surface area contributed by atoms with E-state index in [1.807, 2.05) is 0 Å². The Kier molecular flexibility index (Phi) is 8.97. The van der Waals surface area contributed by atoms with Gasteiger partial charge in [-0.25, -0.2) is 4.79 Å². The molecule has 0 aliphatic carbocycles. The number of nitrogens with two attached hydrogens (primary N) is 1. The van der Waals surface area contributed by atoms with Crippen molar-refractivity contribution in [2.24, 2.45) is 5.73 Å². The van der Waals surface area contributed by atoms with Gasteiger partial charge in [-0.05, 0) is 0 Å². The predicted molar refractivity (Wildman–Crippen MR) is 54.4 cm³/mol. The van der Waals surface area contributed by atoms with Gasteiger partial charge in [0, 0.05) is 24.6 Å². The van der Waals surface area contributed by atoms with Crippen LogP contribution in [0.3, 0.4) is 0 Å². The third-order valence-corrected chi connectivity index (χ3v) is 3.36. The highest BCUT2D eigenvalue weighted by molar-refractivity contribution is 8.76. The fourth-order valence-corrected chi connectivity index (χ4v) is 2.20. The quantitative estimate of drug-likeness (QED) is 0.498. The average molecular weight is 210 g/mol. The molecule has 12 heavy (non-hydrogen) atoms. The highest BCUT2D eigenvalue weighted by Crippen LogP contribution is 2.18. The molecule has 1 amide bonds. The molecule has 0 heterocycles. The molecule has 0 saturated carbocycles. The topological polar surface area (TPSA) is 64.3 Å². The minimum absolute atomic E-state index is 0.376. The van der Waals surface area contributed by atoms with Crippen molar-refractivity contribution in [1.29, 1.82) is 0 Å². The molecule has 0 saturated heterocycles. The Bertz CT molecular complexity index is 124. The van der Waals surface area contributed by atoms with Crippen molar-refractivity contribution < 1.29 is 9.53 Å². The van der Waals surface area contributed by atoms with E-state index in [1.165, 1.54) is 7.11 Å². The maximum Gasteiger partial charge on any atom is 0.406 e. The summed E-state index contributed by atoms with van der Waals surface area (Å²) in [5.74, 6) is 1.82. The van der Waals surface area contributed by atoms with Gasteiger partial charge in [-0.15, -0.1) is 0 Å². The fourth-order valence-electron chi connectivity index (χ4n) is 0.433. The molecular weight excluding hydrogens is 196 g/mol. The SMILES string of the molecule is COC(=O)NCCSSCCN. The Morgan fingerprint density at radius 1 is 1.50 bits per heavy atom.